The van der Waals surface area contributed by atoms with Gasteiger partial charge in [-0.2, -0.15) is 0 Å². The van der Waals surface area contributed by atoms with E-state index >= 15 is 0 Å². The quantitative estimate of drug-likeness (QED) is 0.535. The number of hydrogen-bond donors (Lipinski definition) is 0. The molecule has 0 fully saturated rings. The summed E-state index contributed by atoms with van der Waals surface area (Å²) in [7, 11) is 0. The van der Waals surface area contributed by atoms with Crippen LogP contribution in [0.4, 0.5) is 0 Å². The summed E-state index contributed by atoms with van der Waals surface area (Å²) < 4.78 is 0. The Labute approximate surface area is 71.0 Å². The summed E-state index contributed by atoms with van der Waals surface area (Å²) in [6, 6.07) is 0. The monoisotopic (exact) mass is 152 g/mol. The van der Waals surface area contributed by atoms with Crippen LogP contribution in [0.2, 0.25) is 0 Å². The normalized spacial score (nSPS) is 13.4. The molecular formula is C11H20. The average Bonchev–Trinajstić information content (AvgIpc) is 1.97. The van der Waals surface area contributed by atoms with E-state index in [0.717, 1.165) is 5.92 Å². The molecule has 0 radical (unpaired) electrons. The first-order valence-corrected chi connectivity index (χ1v) is 4.45. The third-order valence-corrected chi connectivity index (χ3v) is 1.69. The topological polar surface area (TPSA) is 0 Å². The minimum absolute atomic E-state index is 0.823. The van der Waals surface area contributed by atoms with E-state index in [1.807, 2.05) is 6.92 Å². The molecule has 0 amide bonds. The van der Waals surface area contributed by atoms with Gasteiger partial charge in [-0.3, -0.25) is 0 Å². The van der Waals surface area contributed by atoms with Gasteiger partial charge >= 0.3 is 0 Å². The van der Waals surface area contributed by atoms with Gasteiger partial charge < -0.3 is 0 Å². The Kier molecular flexibility index (Phi) is 5.91. The summed E-state index contributed by atoms with van der Waals surface area (Å²) in [4.78, 5) is 0. The fourth-order valence-electron chi connectivity index (χ4n) is 0.860. The summed E-state index contributed by atoms with van der Waals surface area (Å²) in [6.07, 6.45) is 8.92. The summed E-state index contributed by atoms with van der Waals surface area (Å²) in [5.41, 5.74) is 1.48. The number of rotatable bonds is 4. The summed E-state index contributed by atoms with van der Waals surface area (Å²) >= 11 is 0. The largest absolute Gasteiger partial charge is 0.0877 e. The van der Waals surface area contributed by atoms with E-state index < -0.39 is 0 Å². The number of allylic oxidation sites excluding steroid dienone is 4. The highest BCUT2D eigenvalue weighted by molar-refractivity contribution is 5.09. The van der Waals surface area contributed by atoms with E-state index in [4.69, 9.17) is 0 Å². The minimum Gasteiger partial charge on any atom is -0.0877 e. The van der Waals surface area contributed by atoms with Crippen LogP contribution in [-0.2, 0) is 0 Å². The van der Waals surface area contributed by atoms with Gasteiger partial charge in [-0.1, -0.05) is 37.6 Å². The molecule has 0 nitrogen and oxygen atoms in total. The van der Waals surface area contributed by atoms with E-state index in [1.54, 1.807) is 0 Å². The van der Waals surface area contributed by atoms with Crippen molar-refractivity contribution in [2.75, 3.05) is 0 Å². The van der Waals surface area contributed by atoms with Crippen LogP contribution in [0.5, 0.6) is 0 Å². The van der Waals surface area contributed by atoms with Crippen molar-refractivity contribution in [2.24, 2.45) is 5.92 Å². The van der Waals surface area contributed by atoms with Crippen molar-refractivity contribution in [3.05, 3.63) is 23.8 Å². The summed E-state index contributed by atoms with van der Waals surface area (Å²) in [5.74, 6) is 0.823. The van der Waals surface area contributed by atoms with Gasteiger partial charge in [-0.25, -0.2) is 0 Å². The molecule has 0 saturated carbocycles. The Morgan fingerprint density at radius 3 is 2.45 bits per heavy atom. The molecule has 0 aromatic rings. The molecule has 0 rings (SSSR count). The lowest BCUT2D eigenvalue weighted by Gasteiger charge is -2.03. The van der Waals surface area contributed by atoms with E-state index in [0.29, 0.717) is 0 Å². The standard InChI is InChI=1S/C11H20/c1-5-6-7-11(4)9-8-10(2)3/h5-7,10H,8-9H2,1-4H3. The average molecular weight is 152 g/mol. The van der Waals surface area contributed by atoms with Gasteiger partial charge in [0.1, 0.15) is 0 Å². The maximum atomic E-state index is 2.27. The second-order valence-electron chi connectivity index (χ2n) is 3.47. The highest BCUT2D eigenvalue weighted by Crippen LogP contribution is 2.10. The van der Waals surface area contributed by atoms with Crippen LogP contribution in [0.25, 0.3) is 0 Å². The molecule has 0 aromatic heterocycles. The van der Waals surface area contributed by atoms with Crippen LogP contribution in [0, 0.1) is 5.92 Å². The van der Waals surface area contributed by atoms with Crippen molar-refractivity contribution < 1.29 is 0 Å². The third kappa shape index (κ3) is 7.38. The van der Waals surface area contributed by atoms with Gasteiger partial charge in [0.2, 0.25) is 0 Å². The molecule has 0 spiro atoms. The smallest absolute Gasteiger partial charge is 0.0318 e. The van der Waals surface area contributed by atoms with Gasteiger partial charge in [-0.05, 0) is 32.6 Å². The molecule has 0 heterocycles. The Hall–Kier alpha value is -0.520. The lowest BCUT2D eigenvalue weighted by atomic mass is 10.0. The molecule has 11 heavy (non-hydrogen) atoms. The van der Waals surface area contributed by atoms with Crippen LogP contribution in [0.15, 0.2) is 23.8 Å². The zero-order valence-corrected chi connectivity index (χ0v) is 8.22. The first-order valence-electron chi connectivity index (χ1n) is 4.45. The SMILES string of the molecule is CC=CC=C(C)CCC(C)C. The summed E-state index contributed by atoms with van der Waals surface area (Å²) in [5, 5.41) is 0. The molecule has 0 bridgehead atoms. The molecule has 64 valence electrons. The minimum atomic E-state index is 0.823. The fourth-order valence-corrected chi connectivity index (χ4v) is 0.860. The molecule has 0 atom stereocenters. The molecule has 0 aromatic carbocycles. The molecular weight excluding hydrogens is 132 g/mol. The Morgan fingerprint density at radius 2 is 2.00 bits per heavy atom. The lowest BCUT2D eigenvalue weighted by Crippen LogP contribution is -1.87. The second-order valence-corrected chi connectivity index (χ2v) is 3.47. The van der Waals surface area contributed by atoms with E-state index in [9.17, 15) is 0 Å². The maximum absolute atomic E-state index is 2.27. The van der Waals surface area contributed by atoms with Crippen molar-refractivity contribution >= 4 is 0 Å². The first-order chi connectivity index (χ1) is 5.16. The Morgan fingerprint density at radius 1 is 1.36 bits per heavy atom. The van der Waals surface area contributed by atoms with Crippen LogP contribution in [0.1, 0.15) is 40.5 Å². The predicted octanol–water partition coefficient (Wildman–Crippen LogP) is 3.95. The van der Waals surface area contributed by atoms with Crippen LogP contribution >= 0.6 is 0 Å². The summed E-state index contributed by atoms with van der Waals surface area (Å²) in [6.45, 7) is 8.78. The van der Waals surface area contributed by atoms with E-state index in [-0.39, 0.29) is 0 Å². The van der Waals surface area contributed by atoms with E-state index in [2.05, 4.69) is 39.0 Å². The van der Waals surface area contributed by atoms with Crippen molar-refractivity contribution in [3.8, 4) is 0 Å². The molecule has 0 aliphatic carbocycles. The molecule has 0 aliphatic rings. The number of hydrogen-bond acceptors (Lipinski definition) is 0. The highest BCUT2D eigenvalue weighted by Gasteiger charge is 1.93. The van der Waals surface area contributed by atoms with Crippen LogP contribution in [0.3, 0.4) is 0 Å². The zero-order valence-electron chi connectivity index (χ0n) is 8.22. The van der Waals surface area contributed by atoms with E-state index in [1.165, 1.54) is 18.4 Å². The second kappa shape index (κ2) is 6.21. The zero-order chi connectivity index (χ0) is 8.69. The van der Waals surface area contributed by atoms with Crippen LogP contribution < -0.4 is 0 Å². The molecule has 0 unspecified atom stereocenters. The Bertz CT molecular complexity index is 138. The van der Waals surface area contributed by atoms with Crippen molar-refractivity contribution in [2.45, 2.75) is 40.5 Å². The fraction of sp³-hybridized carbons (Fsp3) is 0.636. The molecule has 0 N–H and O–H groups in total. The van der Waals surface area contributed by atoms with Gasteiger partial charge in [-0.15, -0.1) is 0 Å². The van der Waals surface area contributed by atoms with Crippen molar-refractivity contribution in [1.29, 1.82) is 0 Å². The van der Waals surface area contributed by atoms with Crippen molar-refractivity contribution in [1.82, 2.24) is 0 Å². The van der Waals surface area contributed by atoms with Crippen molar-refractivity contribution in [3.63, 3.8) is 0 Å². The molecule has 0 aliphatic heterocycles. The third-order valence-electron chi connectivity index (χ3n) is 1.69. The lowest BCUT2D eigenvalue weighted by molar-refractivity contribution is 0.584. The predicted molar refractivity (Wildman–Crippen MR) is 52.6 cm³/mol. The highest BCUT2D eigenvalue weighted by atomic mass is 14.0. The van der Waals surface area contributed by atoms with Gasteiger partial charge in [0, 0.05) is 0 Å². The van der Waals surface area contributed by atoms with Crippen LogP contribution in [-0.4, -0.2) is 0 Å². The Balaban J connectivity index is 3.59. The van der Waals surface area contributed by atoms with Gasteiger partial charge in [0.25, 0.3) is 0 Å². The molecule has 0 heteroatoms. The molecule has 0 saturated heterocycles. The van der Waals surface area contributed by atoms with Gasteiger partial charge in [0.05, 0.1) is 0 Å². The first kappa shape index (κ1) is 10.5. The van der Waals surface area contributed by atoms with Gasteiger partial charge in [0.15, 0.2) is 0 Å². The maximum Gasteiger partial charge on any atom is -0.0318 e.